The van der Waals surface area contributed by atoms with Gasteiger partial charge >= 0.3 is 0 Å². The number of amides is 1. The minimum absolute atomic E-state index is 0.0148. The molecule has 24 heavy (non-hydrogen) atoms. The molecule has 0 spiro atoms. The summed E-state index contributed by atoms with van der Waals surface area (Å²) in [6.45, 7) is 6.55. The number of hydrogen-bond acceptors (Lipinski definition) is 4. The Hall–Kier alpha value is -2.18. The SMILES string of the molecule is CCOC1CC(N)(C(=O)Nc2ccc(-c3ccn[nH]3)cc2)C1(C)C. The number of nitrogens with two attached hydrogens (primary N) is 1. The number of hydrogen-bond donors (Lipinski definition) is 3. The standard InChI is InChI=1S/C18H24N4O2/c1-4-24-15-11-18(19,17(15,2)3)16(23)21-13-7-5-12(6-8-13)14-9-10-20-22-14/h5-10,15H,4,11,19H2,1-3H3,(H,20,22)(H,21,23). The number of H-pyrrole nitrogens is 1. The maximum Gasteiger partial charge on any atom is 0.245 e. The number of rotatable bonds is 5. The van der Waals surface area contributed by atoms with Gasteiger partial charge in [0.2, 0.25) is 5.91 Å². The van der Waals surface area contributed by atoms with E-state index in [9.17, 15) is 4.79 Å². The first kappa shape index (κ1) is 16.7. The van der Waals surface area contributed by atoms with Crippen LogP contribution < -0.4 is 11.1 Å². The number of benzene rings is 1. The minimum atomic E-state index is -0.922. The molecule has 0 bridgehead atoms. The zero-order valence-electron chi connectivity index (χ0n) is 14.3. The van der Waals surface area contributed by atoms with E-state index < -0.39 is 11.0 Å². The number of ether oxygens (including phenoxy) is 1. The summed E-state index contributed by atoms with van der Waals surface area (Å²) in [5.74, 6) is -0.169. The number of nitrogens with one attached hydrogen (secondary N) is 2. The highest BCUT2D eigenvalue weighted by Crippen LogP contribution is 2.50. The van der Waals surface area contributed by atoms with E-state index in [2.05, 4.69) is 15.5 Å². The third-order valence-electron chi connectivity index (χ3n) is 5.19. The Kier molecular flexibility index (Phi) is 4.19. The molecule has 1 aromatic heterocycles. The van der Waals surface area contributed by atoms with Gasteiger partial charge in [0.25, 0.3) is 0 Å². The summed E-state index contributed by atoms with van der Waals surface area (Å²) in [5.41, 5.74) is 7.74. The molecule has 1 aliphatic carbocycles. The Morgan fingerprint density at radius 1 is 1.38 bits per heavy atom. The average molecular weight is 328 g/mol. The number of carbonyl (C=O) groups is 1. The van der Waals surface area contributed by atoms with Crippen molar-refractivity contribution in [1.29, 1.82) is 0 Å². The summed E-state index contributed by atoms with van der Waals surface area (Å²) < 4.78 is 5.68. The molecule has 2 atom stereocenters. The molecule has 0 saturated heterocycles. The predicted molar refractivity (Wildman–Crippen MR) is 93.4 cm³/mol. The van der Waals surface area contributed by atoms with Gasteiger partial charge in [0.05, 0.1) is 11.8 Å². The highest BCUT2D eigenvalue weighted by Gasteiger charge is 2.62. The zero-order chi connectivity index (χ0) is 17.4. The summed E-state index contributed by atoms with van der Waals surface area (Å²) in [4.78, 5) is 12.7. The molecular weight excluding hydrogens is 304 g/mol. The van der Waals surface area contributed by atoms with E-state index >= 15 is 0 Å². The molecule has 2 unspecified atom stereocenters. The van der Waals surface area contributed by atoms with Gasteiger partial charge in [-0.25, -0.2) is 0 Å². The predicted octanol–water partition coefficient (Wildman–Crippen LogP) is 2.55. The molecule has 4 N–H and O–H groups in total. The smallest absolute Gasteiger partial charge is 0.245 e. The van der Waals surface area contributed by atoms with Crippen molar-refractivity contribution in [1.82, 2.24) is 10.2 Å². The van der Waals surface area contributed by atoms with Gasteiger partial charge in [-0.05, 0) is 30.7 Å². The van der Waals surface area contributed by atoms with Crippen LogP contribution in [0.2, 0.25) is 0 Å². The van der Waals surface area contributed by atoms with Crippen LogP contribution in [0.15, 0.2) is 36.5 Å². The zero-order valence-corrected chi connectivity index (χ0v) is 14.3. The van der Waals surface area contributed by atoms with Gasteiger partial charge in [-0.3, -0.25) is 9.89 Å². The quantitative estimate of drug-likeness (QED) is 0.786. The molecule has 1 amide bonds. The summed E-state index contributed by atoms with van der Waals surface area (Å²) in [6.07, 6.45) is 2.25. The van der Waals surface area contributed by atoms with E-state index in [1.54, 1.807) is 6.20 Å². The minimum Gasteiger partial charge on any atom is -0.378 e. The lowest BCUT2D eigenvalue weighted by Crippen LogP contribution is -2.74. The molecule has 1 aliphatic rings. The van der Waals surface area contributed by atoms with Crippen molar-refractivity contribution in [3.05, 3.63) is 36.5 Å². The Balaban J connectivity index is 1.69. The fourth-order valence-electron chi connectivity index (χ4n) is 3.21. The van der Waals surface area contributed by atoms with Gasteiger partial charge in [0, 0.05) is 30.3 Å². The third kappa shape index (κ3) is 2.61. The van der Waals surface area contributed by atoms with Crippen molar-refractivity contribution < 1.29 is 9.53 Å². The van der Waals surface area contributed by atoms with Crippen LogP contribution in [0.5, 0.6) is 0 Å². The van der Waals surface area contributed by atoms with Crippen molar-refractivity contribution in [2.45, 2.75) is 38.8 Å². The van der Waals surface area contributed by atoms with Crippen molar-refractivity contribution in [2.75, 3.05) is 11.9 Å². The lowest BCUT2D eigenvalue weighted by Gasteiger charge is -2.57. The fraction of sp³-hybridized carbons (Fsp3) is 0.444. The molecule has 1 fully saturated rings. The van der Waals surface area contributed by atoms with Crippen LogP contribution in [-0.4, -0.2) is 34.4 Å². The van der Waals surface area contributed by atoms with Crippen molar-refractivity contribution >= 4 is 11.6 Å². The van der Waals surface area contributed by atoms with Gasteiger partial charge in [0.1, 0.15) is 5.54 Å². The number of carbonyl (C=O) groups excluding carboxylic acids is 1. The topological polar surface area (TPSA) is 93.0 Å². The van der Waals surface area contributed by atoms with E-state index in [4.69, 9.17) is 10.5 Å². The van der Waals surface area contributed by atoms with E-state index in [-0.39, 0.29) is 12.0 Å². The molecule has 3 rings (SSSR count). The van der Waals surface area contributed by atoms with E-state index in [0.29, 0.717) is 13.0 Å². The second kappa shape index (κ2) is 6.03. The number of nitrogens with zero attached hydrogens (tertiary/aromatic N) is 1. The molecule has 2 aromatic rings. The van der Waals surface area contributed by atoms with Crippen LogP contribution in [0.3, 0.4) is 0 Å². The van der Waals surface area contributed by atoms with E-state index in [1.165, 1.54) is 0 Å². The third-order valence-corrected chi connectivity index (χ3v) is 5.19. The van der Waals surface area contributed by atoms with E-state index in [0.717, 1.165) is 16.9 Å². The maximum atomic E-state index is 12.7. The molecular formula is C18H24N4O2. The lowest BCUT2D eigenvalue weighted by atomic mass is 9.54. The highest BCUT2D eigenvalue weighted by molar-refractivity contribution is 5.99. The summed E-state index contributed by atoms with van der Waals surface area (Å²) in [6, 6.07) is 9.49. The number of anilines is 1. The van der Waals surface area contributed by atoms with Crippen LogP contribution in [0.4, 0.5) is 5.69 Å². The van der Waals surface area contributed by atoms with Gasteiger partial charge in [-0.1, -0.05) is 26.0 Å². The van der Waals surface area contributed by atoms with Crippen LogP contribution in [0.25, 0.3) is 11.3 Å². The van der Waals surface area contributed by atoms with Crippen LogP contribution in [0.1, 0.15) is 27.2 Å². The van der Waals surface area contributed by atoms with Gasteiger partial charge in [0.15, 0.2) is 0 Å². The van der Waals surface area contributed by atoms with Gasteiger partial charge in [-0.15, -0.1) is 0 Å². The van der Waals surface area contributed by atoms with Crippen molar-refractivity contribution in [3.8, 4) is 11.3 Å². The summed E-state index contributed by atoms with van der Waals surface area (Å²) >= 11 is 0. The van der Waals surface area contributed by atoms with Crippen LogP contribution in [0, 0.1) is 5.41 Å². The normalized spacial score (nSPS) is 25.1. The maximum absolute atomic E-state index is 12.7. The molecule has 1 aromatic carbocycles. The molecule has 0 radical (unpaired) electrons. The Morgan fingerprint density at radius 2 is 2.08 bits per heavy atom. The van der Waals surface area contributed by atoms with Crippen molar-refractivity contribution in [3.63, 3.8) is 0 Å². The second-order valence-corrected chi connectivity index (χ2v) is 6.84. The monoisotopic (exact) mass is 328 g/mol. The average Bonchev–Trinajstić information content (AvgIpc) is 3.09. The highest BCUT2D eigenvalue weighted by atomic mass is 16.5. The summed E-state index contributed by atoms with van der Waals surface area (Å²) in [5, 5.41) is 9.78. The summed E-state index contributed by atoms with van der Waals surface area (Å²) in [7, 11) is 0. The molecule has 128 valence electrons. The molecule has 6 nitrogen and oxygen atoms in total. The van der Waals surface area contributed by atoms with E-state index in [1.807, 2.05) is 51.1 Å². The second-order valence-electron chi connectivity index (χ2n) is 6.84. The lowest BCUT2D eigenvalue weighted by molar-refractivity contribution is -0.166. The van der Waals surface area contributed by atoms with Gasteiger partial charge in [-0.2, -0.15) is 5.10 Å². The molecule has 1 heterocycles. The fourth-order valence-corrected chi connectivity index (χ4v) is 3.21. The van der Waals surface area contributed by atoms with Crippen LogP contribution in [-0.2, 0) is 9.53 Å². The van der Waals surface area contributed by atoms with Crippen molar-refractivity contribution in [2.24, 2.45) is 11.1 Å². The van der Waals surface area contributed by atoms with Crippen LogP contribution >= 0.6 is 0 Å². The molecule has 6 heteroatoms. The number of aromatic amines is 1. The first-order chi connectivity index (χ1) is 11.4. The Labute approximate surface area is 141 Å². The molecule has 0 aliphatic heterocycles. The first-order valence-electron chi connectivity index (χ1n) is 8.20. The largest absolute Gasteiger partial charge is 0.378 e. The Bertz CT molecular complexity index is 709. The first-order valence-corrected chi connectivity index (χ1v) is 8.20. The van der Waals surface area contributed by atoms with Gasteiger partial charge < -0.3 is 15.8 Å². The molecule has 1 saturated carbocycles. The Morgan fingerprint density at radius 3 is 2.62 bits per heavy atom. The number of aromatic nitrogens is 2.